The molecule has 60 heavy (non-hydrogen) atoms. The maximum absolute atomic E-state index is 13.5. The molecule has 0 amide bonds. The lowest BCUT2D eigenvalue weighted by atomic mass is 9.81. The van der Waals surface area contributed by atoms with Crippen molar-refractivity contribution in [3.8, 4) is 23.0 Å². The minimum absolute atomic E-state index is 0.106. The molecule has 0 aliphatic heterocycles. The molecular weight excluding hydrogens is 817 g/mol. The Morgan fingerprint density at radius 3 is 1.20 bits per heavy atom. The van der Waals surface area contributed by atoms with E-state index in [9.17, 15) is 28.8 Å². The standard InChI is InChI=1S/C44H40O14S2/c1-3-39(45)55-27-51-25-53-31-13-9-29(10-14-31)41(47)57-33-17-21-35(22-18-33)59-43(49)37-7-5-6-8-38(37)44(50)60-36-23-19-34(20-24-36)58-42(48)30-11-15-32(16-12-30)54-26-52-28-56-40(46)4-2/h3-4,9-24,37-38H,1-2,5-8,25-28H2/t37-,38-/m0/s1. The molecule has 312 valence electrons. The van der Waals surface area contributed by atoms with Crippen molar-refractivity contribution < 1.29 is 66.7 Å². The van der Waals surface area contributed by atoms with E-state index in [1.54, 1.807) is 72.8 Å². The van der Waals surface area contributed by atoms with Crippen LogP contribution >= 0.6 is 23.5 Å². The molecule has 5 rings (SSSR count). The molecule has 0 heterocycles. The Labute approximate surface area is 354 Å². The van der Waals surface area contributed by atoms with Crippen molar-refractivity contribution in [3.63, 3.8) is 0 Å². The van der Waals surface area contributed by atoms with Crippen LogP contribution in [0.3, 0.4) is 0 Å². The largest absolute Gasteiger partial charge is 0.467 e. The molecule has 2 atom stereocenters. The average Bonchev–Trinajstić information content (AvgIpc) is 3.27. The molecule has 0 radical (unpaired) electrons. The van der Waals surface area contributed by atoms with Gasteiger partial charge in [-0.1, -0.05) is 49.5 Å². The number of thioether (sulfide) groups is 2. The van der Waals surface area contributed by atoms with Crippen LogP contribution in [0.1, 0.15) is 46.4 Å². The second kappa shape index (κ2) is 23.4. The summed E-state index contributed by atoms with van der Waals surface area (Å²) in [5.74, 6) is -1.90. The Hall–Kier alpha value is -6.20. The van der Waals surface area contributed by atoms with Crippen LogP contribution in [0.2, 0.25) is 0 Å². The van der Waals surface area contributed by atoms with Gasteiger partial charge in [0.05, 0.1) is 11.1 Å². The minimum atomic E-state index is -0.616. The van der Waals surface area contributed by atoms with E-state index >= 15 is 0 Å². The van der Waals surface area contributed by atoms with Crippen LogP contribution in [0.15, 0.2) is 132 Å². The van der Waals surface area contributed by atoms with E-state index in [2.05, 4.69) is 22.6 Å². The monoisotopic (exact) mass is 856 g/mol. The Morgan fingerprint density at radius 2 is 0.850 bits per heavy atom. The predicted molar refractivity (Wildman–Crippen MR) is 218 cm³/mol. The molecule has 1 saturated carbocycles. The third kappa shape index (κ3) is 14.3. The highest BCUT2D eigenvalue weighted by Gasteiger charge is 2.36. The Kier molecular flexibility index (Phi) is 17.5. The van der Waals surface area contributed by atoms with Gasteiger partial charge in [-0.2, -0.15) is 0 Å². The molecule has 1 aliphatic rings. The summed E-state index contributed by atoms with van der Waals surface area (Å²) < 4.78 is 41.2. The van der Waals surface area contributed by atoms with E-state index in [1.807, 2.05) is 0 Å². The van der Waals surface area contributed by atoms with Gasteiger partial charge in [-0.15, -0.1) is 0 Å². The molecule has 0 spiro atoms. The number of carbonyl (C=O) groups is 6. The lowest BCUT2D eigenvalue weighted by Gasteiger charge is -2.28. The zero-order valence-electron chi connectivity index (χ0n) is 32.2. The summed E-state index contributed by atoms with van der Waals surface area (Å²) in [7, 11) is 0. The topological polar surface area (TPSA) is 176 Å². The van der Waals surface area contributed by atoms with E-state index in [4.69, 9.17) is 28.4 Å². The number of hydrogen-bond donors (Lipinski definition) is 0. The van der Waals surface area contributed by atoms with Crippen molar-refractivity contribution in [2.24, 2.45) is 11.8 Å². The van der Waals surface area contributed by atoms with Gasteiger partial charge in [-0.25, -0.2) is 19.2 Å². The number of esters is 4. The minimum Gasteiger partial charge on any atom is -0.467 e. The van der Waals surface area contributed by atoms with Crippen LogP contribution in [0, 0.1) is 11.8 Å². The van der Waals surface area contributed by atoms with Crippen molar-refractivity contribution >= 4 is 57.6 Å². The molecule has 1 fully saturated rings. The van der Waals surface area contributed by atoms with Gasteiger partial charge in [0, 0.05) is 33.8 Å². The van der Waals surface area contributed by atoms with Crippen LogP contribution < -0.4 is 18.9 Å². The molecule has 4 aromatic rings. The molecule has 16 heteroatoms. The molecule has 0 unspecified atom stereocenters. The first-order valence-electron chi connectivity index (χ1n) is 18.4. The van der Waals surface area contributed by atoms with Crippen LogP contribution in [0.4, 0.5) is 0 Å². The number of benzene rings is 4. The number of ether oxygens (including phenoxy) is 8. The van der Waals surface area contributed by atoms with Crippen molar-refractivity contribution in [2.45, 2.75) is 35.5 Å². The highest BCUT2D eigenvalue weighted by molar-refractivity contribution is 8.14. The summed E-state index contributed by atoms with van der Waals surface area (Å²) in [6, 6.07) is 25.5. The van der Waals surface area contributed by atoms with Gasteiger partial charge in [0.1, 0.15) is 23.0 Å². The first-order valence-corrected chi connectivity index (χ1v) is 20.0. The quantitative estimate of drug-likeness (QED) is 0.0209. The molecule has 0 saturated heterocycles. The molecular formula is C44H40O14S2. The van der Waals surface area contributed by atoms with E-state index in [0.29, 0.717) is 34.1 Å². The fourth-order valence-corrected chi connectivity index (χ4v) is 7.42. The number of hydrogen-bond acceptors (Lipinski definition) is 16. The van der Waals surface area contributed by atoms with Gasteiger partial charge in [0.25, 0.3) is 0 Å². The van der Waals surface area contributed by atoms with E-state index in [1.165, 1.54) is 24.3 Å². The summed E-state index contributed by atoms with van der Waals surface area (Å²) in [6.45, 7) is 5.63. The summed E-state index contributed by atoms with van der Waals surface area (Å²) in [5.41, 5.74) is 0.563. The first kappa shape index (κ1) is 44.9. The van der Waals surface area contributed by atoms with Crippen LogP contribution in [-0.4, -0.2) is 61.3 Å². The fourth-order valence-electron chi connectivity index (χ4n) is 5.54. The van der Waals surface area contributed by atoms with Gasteiger partial charge in [-0.3, -0.25) is 9.59 Å². The second-order valence-corrected chi connectivity index (χ2v) is 14.8. The third-order valence-electron chi connectivity index (χ3n) is 8.58. The van der Waals surface area contributed by atoms with Crippen molar-refractivity contribution in [2.75, 3.05) is 27.2 Å². The van der Waals surface area contributed by atoms with E-state index in [-0.39, 0.29) is 60.0 Å². The fraction of sp³-hybridized carbons (Fsp3) is 0.227. The zero-order chi connectivity index (χ0) is 42.7. The zero-order valence-corrected chi connectivity index (χ0v) is 33.8. The van der Waals surface area contributed by atoms with Crippen LogP contribution in [0.25, 0.3) is 0 Å². The summed E-state index contributed by atoms with van der Waals surface area (Å²) >= 11 is 2.11. The maximum atomic E-state index is 13.5. The molecule has 0 N–H and O–H groups in total. The van der Waals surface area contributed by atoms with Gasteiger partial charge in [-0.05, 0) is 110 Å². The molecule has 1 aliphatic carbocycles. The average molecular weight is 857 g/mol. The smallest absolute Gasteiger partial charge is 0.343 e. The van der Waals surface area contributed by atoms with Crippen molar-refractivity contribution in [3.05, 3.63) is 133 Å². The van der Waals surface area contributed by atoms with Gasteiger partial charge in [0.15, 0.2) is 37.4 Å². The Bertz CT molecular complexity index is 1970. The molecule has 0 aromatic heterocycles. The van der Waals surface area contributed by atoms with E-state index in [0.717, 1.165) is 48.5 Å². The maximum Gasteiger partial charge on any atom is 0.343 e. The van der Waals surface area contributed by atoms with Gasteiger partial charge in [0.2, 0.25) is 0 Å². The van der Waals surface area contributed by atoms with E-state index < -0.39 is 35.7 Å². The Morgan fingerprint density at radius 1 is 0.500 bits per heavy atom. The molecule has 14 nitrogen and oxygen atoms in total. The predicted octanol–water partition coefficient (Wildman–Crippen LogP) is 7.95. The number of carbonyl (C=O) groups excluding carboxylic acids is 6. The molecule has 0 bridgehead atoms. The summed E-state index contributed by atoms with van der Waals surface area (Å²) in [6.07, 6.45) is 4.92. The van der Waals surface area contributed by atoms with Gasteiger partial charge >= 0.3 is 23.9 Å². The second-order valence-electron chi connectivity index (χ2n) is 12.6. The lowest BCUT2D eigenvalue weighted by Crippen LogP contribution is -2.30. The first-order chi connectivity index (χ1) is 29.1. The normalized spacial score (nSPS) is 14.5. The highest BCUT2D eigenvalue weighted by Crippen LogP contribution is 2.40. The highest BCUT2D eigenvalue weighted by atomic mass is 32.2. The van der Waals surface area contributed by atoms with Crippen LogP contribution in [0.5, 0.6) is 23.0 Å². The third-order valence-corrected chi connectivity index (χ3v) is 10.6. The van der Waals surface area contributed by atoms with Crippen LogP contribution in [-0.2, 0) is 38.1 Å². The number of rotatable bonds is 20. The summed E-state index contributed by atoms with van der Waals surface area (Å²) in [4.78, 5) is 75.8. The SMILES string of the molecule is C=CC(=O)OCOCOc1ccc(C(=O)Oc2ccc(SC(=O)[C@H]3CCCC[C@@H]3C(=O)Sc3ccc(OC(=O)c4ccc(OCOCOC(=O)C=C)cc4)cc3)cc2)cc1. The lowest BCUT2D eigenvalue weighted by molar-refractivity contribution is -0.157. The van der Waals surface area contributed by atoms with Gasteiger partial charge < -0.3 is 37.9 Å². The van der Waals surface area contributed by atoms with Crippen molar-refractivity contribution in [1.29, 1.82) is 0 Å². The summed E-state index contributed by atoms with van der Waals surface area (Å²) in [5, 5.41) is -0.212. The van der Waals surface area contributed by atoms with Crippen molar-refractivity contribution in [1.82, 2.24) is 0 Å². The molecule has 4 aromatic carbocycles. The Balaban J connectivity index is 1.05.